The summed E-state index contributed by atoms with van der Waals surface area (Å²) in [5.41, 5.74) is 1.66. The Morgan fingerprint density at radius 2 is 1.74 bits per heavy atom. The van der Waals surface area contributed by atoms with Crippen LogP contribution in [-0.2, 0) is 15.9 Å². The van der Waals surface area contributed by atoms with Crippen LogP contribution in [-0.4, -0.2) is 28.1 Å². The molecule has 0 radical (unpaired) electrons. The van der Waals surface area contributed by atoms with Gasteiger partial charge in [0.05, 0.1) is 23.9 Å². The third-order valence-corrected chi connectivity index (χ3v) is 4.56. The van der Waals surface area contributed by atoms with Gasteiger partial charge in [-0.1, -0.05) is 42.4 Å². The second-order valence-corrected chi connectivity index (χ2v) is 6.94. The van der Waals surface area contributed by atoms with Gasteiger partial charge in [-0.25, -0.2) is 0 Å². The Morgan fingerprint density at radius 1 is 1.09 bits per heavy atom. The first-order valence-electron chi connectivity index (χ1n) is 7.96. The lowest BCUT2D eigenvalue weighted by molar-refractivity contribution is 0.00578. The highest BCUT2D eigenvalue weighted by molar-refractivity contribution is 6.52. The van der Waals surface area contributed by atoms with Crippen LogP contribution in [0.1, 0.15) is 38.8 Å². The molecule has 0 unspecified atom stereocenters. The highest BCUT2D eigenvalue weighted by atomic mass is 16.7. The van der Waals surface area contributed by atoms with E-state index in [0.29, 0.717) is 0 Å². The summed E-state index contributed by atoms with van der Waals surface area (Å²) in [7, 11) is -0.322. The summed E-state index contributed by atoms with van der Waals surface area (Å²) < 4.78 is 13.8. The van der Waals surface area contributed by atoms with Crippen LogP contribution in [0.4, 0.5) is 0 Å². The Morgan fingerprint density at radius 3 is 2.39 bits per heavy atom. The Kier molecular flexibility index (Phi) is 4.17. The van der Waals surface area contributed by atoms with Crippen LogP contribution in [0.2, 0.25) is 0 Å². The van der Waals surface area contributed by atoms with Crippen LogP contribution in [0.25, 0.3) is 6.08 Å². The van der Waals surface area contributed by atoms with E-state index in [1.807, 2.05) is 47.3 Å². The Balaban J connectivity index is 1.63. The summed E-state index contributed by atoms with van der Waals surface area (Å²) in [5.74, 6) is 1.94. The maximum Gasteiger partial charge on any atom is 0.487 e. The molecule has 0 bridgehead atoms. The summed E-state index contributed by atoms with van der Waals surface area (Å²) in [6, 6.07) is 10.3. The fourth-order valence-electron chi connectivity index (χ4n) is 2.48. The summed E-state index contributed by atoms with van der Waals surface area (Å²) >= 11 is 0. The predicted octanol–water partition coefficient (Wildman–Crippen LogP) is 3.58. The van der Waals surface area contributed by atoms with Gasteiger partial charge >= 0.3 is 7.12 Å². The molecule has 0 N–H and O–H groups in total. The monoisotopic (exact) mass is 310 g/mol. The minimum absolute atomic E-state index is 0.306. The normalized spacial score (nSPS) is 19.6. The molecular weight excluding hydrogens is 287 g/mol. The van der Waals surface area contributed by atoms with Crippen molar-refractivity contribution in [1.29, 1.82) is 0 Å². The zero-order valence-corrected chi connectivity index (χ0v) is 14.2. The molecule has 2 aromatic rings. The number of hydrogen-bond donors (Lipinski definition) is 0. The first-order chi connectivity index (χ1) is 10.9. The molecule has 0 saturated carbocycles. The van der Waals surface area contributed by atoms with Crippen molar-refractivity contribution in [3.63, 3.8) is 0 Å². The molecule has 1 aromatic carbocycles. The van der Waals surface area contributed by atoms with Gasteiger partial charge in [0.1, 0.15) is 0 Å². The van der Waals surface area contributed by atoms with Gasteiger partial charge in [0, 0.05) is 11.8 Å². The summed E-state index contributed by atoms with van der Waals surface area (Å²) in [6.07, 6.45) is 5.87. The molecule has 2 heterocycles. The fraction of sp³-hybridized carbons (Fsp3) is 0.389. The van der Waals surface area contributed by atoms with Crippen molar-refractivity contribution in [2.45, 2.75) is 45.4 Å². The quantitative estimate of drug-likeness (QED) is 0.810. The van der Waals surface area contributed by atoms with Crippen molar-refractivity contribution in [1.82, 2.24) is 9.78 Å². The van der Waals surface area contributed by atoms with Crippen LogP contribution >= 0.6 is 0 Å². The number of aromatic nitrogens is 2. The zero-order valence-electron chi connectivity index (χ0n) is 14.2. The SMILES string of the molecule is CC1(C)OB(/C=C/c2cnn(Cc3ccccc3)c2)OC1(C)C. The molecule has 23 heavy (non-hydrogen) atoms. The standard InChI is InChI=1S/C18H23BN2O2/c1-17(2)18(3,4)23-19(22-17)11-10-16-12-20-21(14-16)13-15-8-6-5-7-9-15/h5-12,14H,13H2,1-4H3/b11-10+. The van der Waals surface area contributed by atoms with E-state index in [4.69, 9.17) is 9.31 Å². The third kappa shape index (κ3) is 3.57. The average Bonchev–Trinajstić information content (AvgIpc) is 3.00. The highest BCUT2D eigenvalue weighted by Crippen LogP contribution is 2.36. The van der Waals surface area contributed by atoms with Gasteiger partial charge in [0.2, 0.25) is 0 Å². The van der Waals surface area contributed by atoms with E-state index in [-0.39, 0.29) is 18.3 Å². The largest absolute Gasteiger partial charge is 0.487 e. The minimum atomic E-state index is -0.322. The van der Waals surface area contributed by atoms with E-state index >= 15 is 0 Å². The van der Waals surface area contributed by atoms with Crippen LogP contribution in [0.5, 0.6) is 0 Å². The van der Waals surface area contributed by atoms with E-state index in [1.165, 1.54) is 5.56 Å². The summed E-state index contributed by atoms with van der Waals surface area (Å²) in [4.78, 5) is 0. The molecule has 0 atom stereocenters. The molecule has 3 rings (SSSR count). The molecule has 0 aliphatic carbocycles. The van der Waals surface area contributed by atoms with E-state index in [0.717, 1.165) is 12.1 Å². The van der Waals surface area contributed by atoms with Crippen molar-refractivity contribution in [2.75, 3.05) is 0 Å². The van der Waals surface area contributed by atoms with Crippen molar-refractivity contribution >= 4 is 13.2 Å². The smallest absolute Gasteiger partial charge is 0.400 e. The molecule has 1 aliphatic heterocycles. The summed E-state index contributed by atoms with van der Waals surface area (Å²) in [5, 5.41) is 4.40. The molecule has 0 amide bonds. The predicted molar refractivity (Wildman–Crippen MR) is 92.9 cm³/mol. The van der Waals surface area contributed by atoms with Crippen LogP contribution in [0.3, 0.4) is 0 Å². The third-order valence-electron chi connectivity index (χ3n) is 4.56. The molecular formula is C18H23BN2O2. The second kappa shape index (κ2) is 5.98. The maximum absolute atomic E-state index is 5.95. The molecule has 1 aliphatic rings. The molecule has 5 heteroatoms. The highest BCUT2D eigenvalue weighted by Gasteiger charge is 2.49. The van der Waals surface area contributed by atoms with Crippen LogP contribution in [0, 0.1) is 0 Å². The van der Waals surface area contributed by atoms with Gasteiger partial charge in [-0.15, -0.1) is 0 Å². The minimum Gasteiger partial charge on any atom is -0.400 e. The van der Waals surface area contributed by atoms with E-state index in [9.17, 15) is 0 Å². The lowest BCUT2D eigenvalue weighted by atomic mass is 9.89. The van der Waals surface area contributed by atoms with Crippen molar-refractivity contribution in [3.05, 3.63) is 59.8 Å². The van der Waals surface area contributed by atoms with Crippen molar-refractivity contribution in [3.8, 4) is 0 Å². The fourth-order valence-corrected chi connectivity index (χ4v) is 2.48. The Bertz CT molecular complexity index is 676. The molecule has 1 fully saturated rings. The number of nitrogens with zero attached hydrogens (tertiary/aromatic N) is 2. The lowest BCUT2D eigenvalue weighted by Crippen LogP contribution is -2.41. The van der Waals surface area contributed by atoms with Gasteiger partial charge in [0.25, 0.3) is 0 Å². The molecule has 4 nitrogen and oxygen atoms in total. The van der Waals surface area contributed by atoms with Crippen LogP contribution in [0.15, 0.2) is 48.7 Å². The molecule has 1 aromatic heterocycles. The van der Waals surface area contributed by atoms with Gasteiger partial charge < -0.3 is 9.31 Å². The van der Waals surface area contributed by atoms with E-state index < -0.39 is 0 Å². The maximum atomic E-state index is 5.95. The number of rotatable bonds is 4. The van der Waals surface area contributed by atoms with Gasteiger partial charge in [-0.05, 0) is 33.3 Å². The molecule has 120 valence electrons. The van der Waals surface area contributed by atoms with Crippen molar-refractivity contribution in [2.24, 2.45) is 0 Å². The number of benzene rings is 1. The average molecular weight is 310 g/mol. The molecule has 1 saturated heterocycles. The first-order valence-corrected chi connectivity index (χ1v) is 7.96. The van der Waals surface area contributed by atoms with Gasteiger partial charge in [-0.3, -0.25) is 4.68 Å². The zero-order chi connectivity index (χ0) is 16.5. The Labute approximate surface area is 138 Å². The van der Waals surface area contributed by atoms with Crippen molar-refractivity contribution < 1.29 is 9.31 Å². The van der Waals surface area contributed by atoms with Gasteiger partial charge in [0.15, 0.2) is 0 Å². The summed E-state index contributed by atoms with van der Waals surface area (Å²) in [6.45, 7) is 8.99. The molecule has 0 spiro atoms. The topological polar surface area (TPSA) is 36.3 Å². The Hall–Kier alpha value is -1.85. The second-order valence-electron chi connectivity index (χ2n) is 6.94. The van der Waals surface area contributed by atoms with E-state index in [1.54, 1.807) is 0 Å². The lowest BCUT2D eigenvalue weighted by Gasteiger charge is -2.32. The van der Waals surface area contributed by atoms with Gasteiger partial charge in [-0.2, -0.15) is 5.10 Å². The van der Waals surface area contributed by atoms with Crippen LogP contribution < -0.4 is 0 Å². The van der Waals surface area contributed by atoms with E-state index in [2.05, 4.69) is 44.9 Å². The number of hydrogen-bond acceptors (Lipinski definition) is 3. The first kappa shape index (κ1) is 16.0.